The molecule has 3 aliphatic heterocycles. The average molecular weight is 943 g/mol. The third-order valence-electron chi connectivity index (χ3n) is 12.7. The van der Waals surface area contributed by atoms with Crippen LogP contribution < -0.4 is 0 Å². The van der Waals surface area contributed by atoms with Crippen molar-refractivity contribution in [2.24, 2.45) is 5.92 Å². The van der Waals surface area contributed by atoms with Gasteiger partial charge in [0, 0.05) is 6.92 Å². The molecule has 3 fully saturated rings. The lowest BCUT2D eigenvalue weighted by Gasteiger charge is -2.52. The quantitative estimate of drug-likeness (QED) is 0.0715. The summed E-state index contributed by atoms with van der Waals surface area (Å²) in [6.07, 6.45) is 0.650. The van der Waals surface area contributed by atoms with Crippen molar-refractivity contribution in [1.29, 1.82) is 0 Å². The van der Waals surface area contributed by atoms with Gasteiger partial charge in [0.2, 0.25) is 0 Å². The van der Waals surface area contributed by atoms with Gasteiger partial charge in [0.1, 0.15) is 24.4 Å². The number of carbonyl (C=O) groups is 1. The van der Waals surface area contributed by atoms with E-state index in [-0.39, 0.29) is 44.4 Å². The molecule has 4 aromatic rings. The van der Waals surface area contributed by atoms with E-state index in [4.69, 9.17) is 37.9 Å². The second-order valence-electron chi connectivity index (χ2n) is 18.9. The summed E-state index contributed by atoms with van der Waals surface area (Å²) < 4.78 is 54.1. The molecule has 12 heteroatoms. The topological polar surface area (TPSA) is 111 Å². The molecule has 0 aromatic heterocycles. The van der Waals surface area contributed by atoms with Gasteiger partial charge in [-0.1, -0.05) is 128 Å². The van der Waals surface area contributed by atoms with Gasteiger partial charge in [-0.05, 0) is 99.5 Å². The van der Waals surface area contributed by atoms with Crippen LogP contribution in [0, 0.1) is 5.92 Å². The van der Waals surface area contributed by atoms with Gasteiger partial charge >= 0.3 is 5.97 Å². The molecule has 0 bridgehead atoms. The van der Waals surface area contributed by atoms with Crippen LogP contribution in [0.3, 0.4) is 0 Å². The first-order chi connectivity index (χ1) is 31.7. The zero-order valence-corrected chi connectivity index (χ0v) is 41.2. The highest BCUT2D eigenvalue weighted by Crippen LogP contribution is 2.58. The smallest absolute Gasteiger partial charge is 0.302 e. The highest BCUT2D eigenvalue weighted by molar-refractivity contribution is 8.18. The normalized spacial score (nSPS) is 25.8. The van der Waals surface area contributed by atoms with E-state index in [1.807, 2.05) is 137 Å². The number of hydrogen-bond donors (Lipinski definition) is 1. The van der Waals surface area contributed by atoms with E-state index < -0.39 is 45.2 Å². The summed E-state index contributed by atoms with van der Waals surface area (Å²) in [5, 5.41) is 13.5. The molecular formula is C54H70O10S2. The van der Waals surface area contributed by atoms with Crippen LogP contribution >= 0.6 is 23.5 Å². The molecule has 4 aromatic carbocycles. The molecule has 1 N–H and O–H groups in total. The van der Waals surface area contributed by atoms with E-state index in [0.29, 0.717) is 32.5 Å². The molecule has 7 rings (SSSR count). The van der Waals surface area contributed by atoms with Gasteiger partial charge in [-0.3, -0.25) is 4.79 Å². The molecular weight excluding hydrogens is 873 g/mol. The van der Waals surface area contributed by atoms with Gasteiger partial charge < -0.3 is 43.0 Å². The van der Waals surface area contributed by atoms with E-state index >= 15 is 0 Å². The number of aliphatic hydroxyl groups excluding tert-OH is 1. The monoisotopic (exact) mass is 942 g/mol. The number of aliphatic hydroxyl groups is 1. The highest BCUT2D eigenvalue weighted by atomic mass is 32.2. The van der Waals surface area contributed by atoms with Crippen molar-refractivity contribution in [3.63, 3.8) is 0 Å². The molecule has 7 atom stereocenters. The minimum atomic E-state index is -1.51. The third-order valence-corrected chi connectivity index (χ3v) is 16.3. The number of benzene rings is 4. The number of ether oxygens (including phenoxy) is 8. The standard InChI is InChI=1S/C54H70O10S2/c1-40(33-42-21-11-7-12-22-42)46(60-41(2)55)29-19-30-54(65-31-20-32-66-54)48(56)49-53(64-51(5,6)62-49,39-59-36-45-27-17-10-18-28-45)52(38-58-35-44-25-15-9-16-26-44)47(61-50(3,4)63-52)37-57-34-43-23-13-8-14-24-43/h7-18,21-28,40,46-49,56H,19-20,29-39H2,1-6H3/t40-,46-,47-,48-,49-,52+,53-/m1/s1. The number of carbonyl (C=O) groups excluding carboxylic acids is 1. The molecule has 0 aliphatic carbocycles. The zero-order chi connectivity index (χ0) is 46.7. The Morgan fingerprint density at radius 1 is 0.682 bits per heavy atom. The zero-order valence-electron chi connectivity index (χ0n) is 39.6. The lowest BCUT2D eigenvalue weighted by molar-refractivity contribution is -0.275. The molecule has 66 heavy (non-hydrogen) atoms. The van der Waals surface area contributed by atoms with E-state index in [2.05, 4.69) is 19.1 Å². The van der Waals surface area contributed by atoms with Crippen LogP contribution in [0.25, 0.3) is 0 Å². The third kappa shape index (κ3) is 12.7. The first-order valence-corrected chi connectivity index (χ1v) is 25.5. The largest absolute Gasteiger partial charge is 0.462 e. The first kappa shape index (κ1) is 50.6. The van der Waals surface area contributed by atoms with Gasteiger partial charge in [-0.15, -0.1) is 23.5 Å². The van der Waals surface area contributed by atoms with E-state index in [0.717, 1.165) is 41.0 Å². The van der Waals surface area contributed by atoms with Gasteiger partial charge in [0.25, 0.3) is 0 Å². The fraction of sp³-hybridized carbons (Fsp3) is 0.537. The van der Waals surface area contributed by atoms with E-state index in [9.17, 15) is 9.90 Å². The van der Waals surface area contributed by atoms with Crippen LogP contribution in [0.1, 0.15) is 89.5 Å². The Balaban J connectivity index is 1.26. The number of hydrogen-bond acceptors (Lipinski definition) is 12. The van der Waals surface area contributed by atoms with Crippen LogP contribution in [-0.2, 0) is 68.9 Å². The van der Waals surface area contributed by atoms with Crippen molar-refractivity contribution in [2.45, 2.75) is 145 Å². The van der Waals surface area contributed by atoms with E-state index in [1.54, 1.807) is 23.5 Å². The predicted molar refractivity (Wildman–Crippen MR) is 261 cm³/mol. The van der Waals surface area contributed by atoms with Gasteiger partial charge in [0.15, 0.2) is 22.8 Å². The molecule has 3 aliphatic rings. The molecule has 0 spiro atoms. The Hall–Kier alpha value is -3.27. The van der Waals surface area contributed by atoms with Gasteiger partial charge in [-0.2, -0.15) is 0 Å². The molecule has 0 unspecified atom stereocenters. The molecule has 10 nitrogen and oxygen atoms in total. The fourth-order valence-electron chi connectivity index (χ4n) is 9.81. The first-order valence-electron chi connectivity index (χ1n) is 23.5. The summed E-state index contributed by atoms with van der Waals surface area (Å²) in [5.41, 5.74) is 1.27. The summed E-state index contributed by atoms with van der Waals surface area (Å²) in [7, 11) is 0. The minimum Gasteiger partial charge on any atom is -0.462 e. The summed E-state index contributed by atoms with van der Waals surface area (Å²) >= 11 is 3.55. The number of thioether (sulfide) groups is 2. The van der Waals surface area contributed by atoms with Crippen molar-refractivity contribution < 1.29 is 47.8 Å². The maximum Gasteiger partial charge on any atom is 0.302 e. The molecule has 0 amide bonds. The number of rotatable bonds is 23. The second-order valence-corrected chi connectivity index (χ2v) is 22.0. The Morgan fingerprint density at radius 2 is 1.15 bits per heavy atom. The Bertz CT molecular complexity index is 2070. The van der Waals surface area contributed by atoms with Gasteiger partial charge in [-0.25, -0.2) is 0 Å². The fourth-order valence-corrected chi connectivity index (χ4v) is 13.3. The maximum absolute atomic E-state index is 13.5. The van der Waals surface area contributed by atoms with Crippen molar-refractivity contribution in [1.82, 2.24) is 0 Å². The molecule has 0 saturated carbocycles. The predicted octanol–water partition coefficient (Wildman–Crippen LogP) is 10.3. The van der Waals surface area contributed by atoms with Crippen LogP contribution in [-0.4, -0.2) is 93.7 Å². The summed E-state index contributed by atoms with van der Waals surface area (Å²) in [4.78, 5) is 12.5. The molecule has 3 heterocycles. The van der Waals surface area contributed by atoms with Crippen LogP contribution in [0.5, 0.6) is 0 Å². The Morgan fingerprint density at radius 3 is 1.68 bits per heavy atom. The average Bonchev–Trinajstić information content (AvgIpc) is 3.75. The van der Waals surface area contributed by atoms with E-state index in [1.165, 1.54) is 12.5 Å². The SMILES string of the molecule is CC(=O)O[C@H](CCCC1([C@H](O)[C@H]2OC(C)(C)O[C@@]2(COCc2ccccc2)[C@@]2(COCc3ccccc3)OC(C)(C)O[C@@H]2COCc2ccccc2)SCCCS1)[C@H](C)Cc1ccccc1. The summed E-state index contributed by atoms with van der Waals surface area (Å²) in [6.45, 7) is 12.2. The van der Waals surface area contributed by atoms with Crippen LogP contribution in [0.4, 0.5) is 0 Å². The van der Waals surface area contributed by atoms with Gasteiger partial charge in [0.05, 0.1) is 43.7 Å². The molecule has 3 saturated heterocycles. The van der Waals surface area contributed by atoms with Crippen LogP contribution in [0.15, 0.2) is 121 Å². The van der Waals surface area contributed by atoms with Crippen molar-refractivity contribution in [2.75, 3.05) is 31.3 Å². The van der Waals surface area contributed by atoms with Crippen molar-refractivity contribution in [3.05, 3.63) is 144 Å². The Labute approximate surface area is 401 Å². The lowest BCUT2D eigenvalue weighted by atomic mass is 9.73. The lowest BCUT2D eigenvalue weighted by Crippen LogP contribution is -2.73. The second kappa shape index (κ2) is 22.9. The Kier molecular flexibility index (Phi) is 17.6. The van der Waals surface area contributed by atoms with Crippen molar-refractivity contribution in [3.8, 4) is 0 Å². The highest BCUT2D eigenvalue weighted by Gasteiger charge is 2.75. The summed E-state index contributed by atoms with van der Waals surface area (Å²) in [5.74, 6) is -0.792. The van der Waals surface area contributed by atoms with Crippen LogP contribution in [0.2, 0.25) is 0 Å². The van der Waals surface area contributed by atoms with Crippen molar-refractivity contribution >= 4 is 29.5 Å². The number of esters is 1. The minimum absolute atomic E-state index is 0.0126. The molecule has 0 radical (unpaired) electrons. The maximum atomic E-state index is 13.5. The molecule has 358 valence electrons. The summed E-state index contributed by atoms with van der Waals surface area (Å²) in [6, 6.07) is 40.4.